The van der Waals surface area contributed by atoms with E-state index < -0.39 is 11.8 Å². The van der Waals surface area contributed by atoms with Crippen molar-refractivity contribution in [3.8, 4) is 16.9 Å². The normalized spacial score (nSPS) is 13.0. The molecule has 0 bridgehead atoms. The molecule has 4 nitrogen and oxygen atoms in total. The summed E-state index contributed by atoms with van der Waals surface area (Å²) < 4.78 is 19.8. The maximum Gasteiger partial charge on any atom is 0.338 e. The fourth-order valence-corrected chi connectivity index (χ4v) is 4.16. The Morgan fingerprint density at radius 1 is 0.909 bits per heavy atom. The summed E-state index contributed by atoms with van der Waals surface area (Å²) in [5.41, 5.74) is 3.35. The highest BCUT2D eigenvalue weighted by molar-refractivity contribution is 5.98. The second kappa shape index (κ2) is 9.43. The van der Waals surface area contributed by atoms with Gasteiger partial charge in [0.1, 0.15) is 11.6 Å². The second-order valence-electron chi connectivity index (χ2n) is 8.18. The van der Waals surface area contributed by atoms with Gasteiger partial charge in [0.15, 0.2) is 0 Å². The van der Waals surface area contributed by atoms with Crippen molar-refractivity contribution in [3.63, 3.8) is 0 Å². The van der Waals surface area contributed by atoms with Crippen molar-refractivity contribution in [2.24, 2.45) is 0 Å². The molecule has 0 radical (unpaired) electrons. The van der Waals surface area contributed by atoms with Crippen molar-refractivity contribution in [1.29, 1.82) is 0 Å². The van der Waals surface area contributed by atoms with E-state index in [4.69, 9.17) is 4.74 Å². The van der Waals surface area contributed by atoms with Crippen LogP contribution in [0.1, 0.15) is 47.4 Å². The third kappa shape index (κ3) is 4.73. The van der Waals surface area contributed by atoms with Gasteiger partial charge in [-0.15, -0.1) is 0 Å². The van der Waals surface area contributed by atoms with Gasteiger partial charge in [0.05, 0.1) is 12.7 Å². The first-order valence-electron chi connectivity index (χ1n) is 10.8. The number of carboxylic acid groups (broad SMARTS) is 1. The Balaban J connectivity index is 1.72. The lowest BCUT2D eigenvalue weighted by Gasteiger charge is -2.22. The molecule has 0 aliphatic heterocycles. The smallest absolute Gasteiger partial charge is 0.338 e. The SMILES string of the molecule is COc1cccc([C@@H](C)NC(C)c2cc(-c3ccc(C(=O)O)c(F)c3)c3ccccc3c2)c1. The minimum absolute atomic E-state index is 0.0118. The molecule has 2 atom stereocenters. The zero-order valence-electron chi connectivity index (χ0n) is 18.8. The van der Waals surface area contributed by atoms with Crippen molar-refractivity contribution in [2.45, 2.75) is 25.9 Å². The maximum atomic E-state index is 14.5. The van der Waals surface area contributed by atoms with E-state index in [9.17, 15) is 14.3 Å². The monoisotopic (exact) mass is 443 g/mol. The minimum atomic E-state index is -1.28. The van der Waals surface area contributed by atoms with Gasteiger partial charge in [-0.2, -0.15) is 0 Å². The summed E-state index contributed by atoms with van der Waals surface area (Å²) in [5, 5.41) is 14.8. The van der Waals surface area contributed by atoms with Crippen LogP contribution in [0.4, 0.5) is 4.39 Å². The molecule has 1 unspecified atom stereocenters. The van der Waals surface area contributed by atoms with Gasteiger partial charge in [0.2, 0.25) is 0 Å². The Hall–Kier alpha value is -3.70. The van der Waals surface area contributed by atoms with Gasteiger partial charge in [-0.05, 0) is 83.3 Å². The number of hydrogen-bond donors (Lipinski definition) is 2. The van der Waals surface area contributed by atoms with Crippen LogP contribution < -0.4 is 10.1 Å². The average molecular weight is 444 g/mol. The number of benzene rings is 4. The van der Waals surface area contributed by atoms with Crippen LogP contribution in [0.3, 0.4) is 0 Å². The largest absolute Gasteiger partial charge is 0.497 e. The number of aromatic carboxylic acids is 1. The number of ether oxygens (including phenoxy) is 1. The molecule has 4 aromatic carbocycles. The summed E-state index contributed by atoms with van der Waals surface area (Å²) in [4.78, 5) is 11.2. The number of hydrogen-bond acceptors (Lipinski definition) is 3. The fourth-order valence-electron chi connectivity index (χ4n) is 4.16. The second-order valence-corrected chi connectivity index (χ2v) is 8.18. The summed E-state index contributed by atoms with van der Waals surface area (Å²) in [6.45, 7) is 4.20. The highest BCUT2D eigenvalue weighted by atomic mass is 19.1. The molecule has 0 fully saturated rings. The van der Waals surface area contributed by atoms with Crippen LogP contribution in [0.5, 0.6) is 5.75 Å². The molecule has 0 saturated carbocycles. The minimum Gasteiger partial charge on any atom is -0.497 e. The van der Waals surface area contributed by atoms with Crippen molar-refractivity contribution in [3.05, 3.63) is 101 Å². The lowest BCUT2D eigenvalue weighted by molar-refractivity contribution is 0.0692. The van der Waals surface area contributed by atoms with Crippen LogP contribution in [0.15, 0.2) is 78.9 Å². The molecule has 2 N–H and O–H groups in total. The lowest BCUT2D eigenvalue weighted by atomic mass is 9.92. The van der Waals surface area contributed by atoms with Gasteiger partial charge in [-0.3, -0.25) is 0 Å². The summed E-state index contributed by atoms with van der Waals surface area (Å²) in [5.74, 6) is -1.21. The molecular weight excluding hydrogens is 417 g/mol. The first-order valence-corrected chi connectivity index (χ1v) is 10.8. The number of carbonyl (C=O) groups is 1. The number of methoxy groups -OCH3 is 1. The molecule has 0 saturated heterocycles. The van der Waals surface area contributed by atoms with Gasteiger partial charge in [0.25, 0.3) is 0 Å². The van der Waals surface area contributed by atoms with Crippen LogP contribution in [0, 0.1) is 5.82 Å². The van der Waals surface area contributed by atoms with Gasteiger partial charge in [-0.25, -0.2) is 9.18 Å². The van der Waals surface area contributed by atoms with Gasteiger partial charge < -0.3 is 15.2 Å². The molecule has 0 heterocycles. The predicted molar refractivity (Wildman–Crippen MR) is 129 cm³/mol. The van der Waals surface area contributed by atoms with Crippen LogP contribution in [0.2, 0.25) is 0 Å². The summed E-state index contributed by atoms with van der Waals surface area (Å²) in [6.07, 6.45) is 0. The summed E-state index contributed by atoms with van der Waals surface area (Å²) >= 11 is 0. The topological polar surface area (TPSA) is 58.6 Å². The third-order valence-electron chi connectivity index (χ3n) is 5.99. The Morgan fingerprint density at radius 2 is 1.67 bits per heavy atom. The molecule has 0 aromatic heterocycles. The Labute approximate surface area is 192 Å². The van der Waals surface area contributed by atoms with E-state index in [1.54, 1.807) is 13.2 Å². The van der Waals surface area contributed by atoms with E-state index in [1.807, 2.05) is 48.5 Å². The predicted octanol–water partition coefficient (Wildman–Crippen LogP) is 6.76. The maximum absolute atomic E-state index is 14.5. The average Bonchev–Trinajstić information content (AvgIpc) is 2.83. The van der Waals surface area contributed by atoms with Crippen LogP contribution in [-0.2, 0) is 0 Å². The molecule has 5 heteroatoms. The highest BCUT2D eigenvalue weighted by Crippen LogP contribution is 2.34. The van der Waals surface area contributed by atoms with Gasteiger partial charge in [0, 0.05) is 12.1 Å². The van der Waals surface area contributed by atoms with Crippen LogP contribution in [-0.4, -0.2) is 18.2 Å². The highest BCUT2D eigenvalue weighted by Gasteiger charge is 2.16. The number of rotatable bonds is 7. The zero-order chi connectivity index (χ0) is 23.5. The van der Waals surface area contributed by atoms with Crippen molar-refractivity contribution in [2.75, 3.05) is 7.11 Å². The molecule has 4 rings (SSSR count). The Morgan fingerprint density at radius 3 is 2.39 bits per heavy atom. The number of halogens is 1. The van der Waals surface area contributed by atoms with E-state index in [-0.39, 0.29) is 17.6 Å². The summed E-state index contributed by atoms with van der Waals surface area (Å²) in [7, 11) is 1.66. The van der Waals surface area contributed by atoms with E-state index in [1.165, 1.54) is 12.1 Å². The molecule has 0 aliphatic rings. The van der Waals surface area contributed by atoms with Crippen molar-refractivity contribution < 1.29 is 19.0 Å². The number of carboxylic acids is 1. The number of fused-ring (bicyclic) bond motifs is 1. The first kappa shape index (κ1) is 22.5. The van der Waals surface area contributed by atoms with Crippen LogP contribution >= 0.6 is 0 Å². The molecule has 0 aliphatic carbocycles. The zero-order valence-corrected chi connectivity index (χ0v) is 18.8. The van der Waals surface area contributed by atoms with Gasteiger partial charge >= 0.3 is 5.97 Å². The molecule has 0 amide bonds. The van der Waals surface area contributed by atoms with E-state index in [0.29, 0.717) is 5.56 Å². The first-order chi connectivity index (χ1) is 15.9. The molecule has 168 valence electrons. The van der Waals surface area contributed by atoms with Crippen molar-refractivity contribution >= 4 is 16.7 Å². The van der Waals surface area contributed by atoms with E-state index >= 15 is 0 Å². The van der Waals surface area contributed by atoms with E-state index in [2.05, 4.69) is 31.3 Å². The summed E-state index contributed by atoms with van der Waals surface area (Å²) in [6, 6.07) is 24.5. The Kier molecular flexibility index (Phi) is 6.43. The molecular formula is C28H26FNO3. The fraction of sp³-hybridized carbons (Fsp3) is 0.179. The standard InChI is InChI=1S/C28H26FNO3/c1-17(19-8-6-9-23(14-19)33-3)30-18(2)22-13-20-7-4-5-10-24(20)26(15-22)21-11-12-25(28(31)32)27(29)16-21/h4-18,30H,1-3H3,(H,31,32)/t17-,18?/m1/s1. The molecule has 4 aromatic rings. The lowest BCUT2D eigenvalue weighted by Crippen LogP contribution is -2.22. The van der Waals surface area contributed by atoms with Crippen molar-refractivity contribution in [1.82, 2.24) is 5.32 Å². The van der Waals surface area contributed by atoms with E-state index in [0.717, 1.165) is 33.2 Å². The quantitative estimate of drug-likeness (QED) is 0.331. The van der Waals surface area contributed by atoms with Crippen LogP contribution in [0.25, 0.3) is 21.9 Å². The Bertz CT molecular complexity index is 1320. The molecule has 33 heavy (non-hydrogen) atoms. The van der Waals surface area contributed by atoms with Gasteiger partial charge in [-0.1, -0.05) is 42.5 Å². The third-order valence-corrected chi connectivity index (χ3v) is 5.99. The number of nitrogens with one attached hydrogen (secondary N) is 1. The molecule has 0 spiro atoms.